The number of esters is 1. The molecule has 0 spiro atoms. The summed E-state index contributed by atoms with van der Waals surface area (Å²) >= 11 is 0. The number of rotatable bonds is 6. The third-order valence-corrected chi connectivity index (χ3v) is 5.08. The number of carbonyl (C=O) groups excluding carboxylic acids is 3. The van der Waals surface area contributed by atoms with E-state index in [4.69, 9.17) is 4.74 Å². The lowest BCUT2D eigenvalue weighted by Crippen LogP contribution is -2.39. The zero-order valence-corrected chi connectivity index (χ0v) is 17.1. The number of likely N-dealkylation sites (N-methyl/N-ethyl adjacent to an activating group) is 1. The van der Waals surface area contributed by atoms with E-state index in [-0.39, 0.29) is 11.7 Å². The number of Topliss-reactive ketones (excluding diaryl/α,β-unsaturated/α-hetero) is 1. The number of hydrogen-bond acceptors (Lipinski definition) is 4. The lowest BCUT2D eigenvalue weighted by atomic mass is 10.00. The molecule has 28 heavy (non-hydrogen) atoms. The van der Waals surface area contributed by atoms with Gasteiger partial charge in [-0.2, -0.15) is 0 Å². The number of aromatic nitrogens is 1. The topological polar surface area (TPSA) is 68.6 Å². The average Bonchev–Trinajstić information content (AvgIpc) is 2.93. The van der Waals surface area contributed by atoms with Crippen molar-refractivity contribution >= 4 is 23.7 Å². The lowest BCUT2D eigenvalue weighted by Gasteiger charge is -2.23. The van der Waals surface area contributed by atoms with Gasteiger partial charge in [0.05, 0.1) is 13.2 Å². The van der Waals surface area contributed by atoms with Gasteiger partial charge in [-0.25, -0.2) is 4.79 Å². The van der Waals surface area contributed by atoms with Crippen LogP contribution in [-0.4, -0.2) is 47.3 Å². The molecule has 0 aliphatic rings. The first-order valence-corrected chi connectivity index (χ1v) is 8.99. The minimum absolute atomic E-state index is 0.218. The fourth-order valence-electron chi connectivity index (χ4n) is 3.15. The number of carbonyl (C=O) groups is 3. The Balaban J connectivity index is 2.25. The first kappa shape index (κ1) is 21.2. The molecule has 2 aromatic rings. The molecule has 1 unspecified atom stereocenters. The second-order valence-electron chi connectivity index (χ2n) is 6.72. The van der Waals surface area contributed by atoms with Crippen molar-refractivity contribution in [3.8, 4) is 0 Å². The number of amides is 1. The van der Waals surface area contributed by atoms with E-state index in [0.29, 0.717) is 22.5 Å². The van der Waals surface area contributed by atoms with Crippen LogP contribution < -0.4 is 0 Å². The van der Waals surface area contributed by atoms with Crippen molar-refractivity contribution in [2.24, 2.45) is 7.05 Å². The Morgan fingerprint density at radius 1 is 1.14 bits per heavy atom. The number of hydrogen-bond donors (Lipinski definition) is 0. The van der Waals surface area contributed by atoms with Gasteiger partial charge >= 0.3 is 5.97 Å². The quantitative estimate of drug-likeness (QED) is 0.437. The fourth-order valence-corrected chi connectivity index (χ4v) is 3.15. The number of ketones is 1. The summed E-state index contributed by atoms with van der Waals surface area (Å²) in [5.74, 6) is -0.987. The normalized spacial score (nSPS) is 12.1. The molecule has 1 atom stereocenters. The van der Waals surface area contributed by atoms with Crippen LogP contribution in [0.2, 0.25) is 0 Å². The van der Waals surface area contributed by atoms with Crippen LogP contribution in [0.25, 0.3) is 6.08 Å². The van der Waals surface area contributed by atoms with Gasteiger partial charge in [0.15, 0.2) is 5.78 Å². The molecule has 0 saturated heterocycles. The number of nitrogens with zero attached hydrogens (tertiary/aromatic N) is 2. The SMILES string of the molecule is COC(=O)c1c(C)c(C(=O)C(C)N(C)C(=O)/C=C/c2ccccc2)c(C)n1C. The minimum atomic E-state index is -0.682. The highest BCUT2D eigenvalue weighted by atomic mass is 16.5. The van der Waals surface area contributed by atoms with Crippen molar-refractivity contribution < 1.29 is 19.1 Å². The standard InChI is InChI=1S/C22H26N2O4/c1-14-19(15(2)24(5)20(14)22(27)28-6)21(26)16(3)23(4)18(25)13-12-17-10-8-7-9-11-17/h7-13,16H,1-6H3/b13-12+. The van der Waals surface area contributed by atoms with Gasteiger partial charge in [-0.05, 0) is 38.0 Å². The zero-order valence-electron chi connectivity index (χ0n) is 17.1. The van der Waals surface area contributed by atoms with Gasteiger partial charge in [0.25, 0.3) is 0 Å². The van der Waals surface area contributed by atoms with Crippen molar-refractivity contribution in [2.45, 2.75) is 26.8 Å². The maximum atomic E-state index is 13.1. The van der Waals surface area contributed by atoms with Crippen LogP contribution in [0.3, 0.4) is 0 Å². The van der Waals surface area contributed by atoms with Crippen molar-refractivity contribution in [1.29, 1.82) is 0 Å². The molecule has 2 rings (SSSR count). The summed E-state index contributed by atoms with van der Waals surface area (Å²) in [6.07, 6.45) is 3.16. The van der Waals surface area contributed by atoms with E-state index in [9.17, 15) is 14.4 Å². The molecule has 0 saturated carbocycles. The summed E-state index contributed by atoms with van der Waals surface area (Å²) in [6.45, 7) is 5.17. The molecule has 1 heterocycles. The molecule has 0 N–H and O–H groups in total. The van der Waals surface area contributed by atoms with Crippen LogP contribution in [0.15, 0.2) is 36.4 Å². The number of methoxy groups -OCH3 is 1. The molecular weight excluding hydrogens is 356 g/mol. The van der Waals surface area contributed by atoms with Crippen molar-refractivity contribution in [3.05, 3.63) is 64.5 Å². The van der Waals surface area contributed by atoms with Crippen LogP contribution >= 0.6 is 0 Å². The largest absolute Gasteiger partial charge is 0.464 e. The van der Waals surface area contributed by atoms with Crippen molar-refractivity contribution in [3.63, 3.8) is 0 Å². The van der Waals surface area contributed by atoms with Gasteiger partial charge in [-0.3, -0.25) is 9.59 Å². The van der Waals surface area contributed by atoms with Crippen LogP contribution in [0, 0.1) is 13.8 Å². The van der Waals surface area contributed by atoms with E-state index >= 15 is 0 Å². The van der Waals surface area contributed by atoms with Crippen LogP contribution in [-0.2, 0) is 16.6 Å². The van der Waals surface area contributed by atoms with Gasteiger partial charge in [-0.15, -0.1) is 0 Å². The Labute approximate surface area is 165 Å². The van der Waals surface area contributed by atoms with Crippen molar-refractivity contribution in [1.82, 2.24) is 9.47 Å². The van der Waals surface area contributed by atoms with E-state index in [1.165, 1.54) is 18.1 Å². The molecule has 6 heteroatoms. The Kier molecular flexibility index (Phi) is 6.57. The second-order valence-corrected chi connectivity index (χ2v) is 6.72. The fraction of sp³-hybridized carbons (Fsp3) is 0.318. The molecule has 0 radical (unpaired) electrons. The number of benzene rings is 1. The van der Waals surface area contributed by atoms with Crippen LogP contribution in [0.1, 0.15) is 44.6 Å². The Hall–Kier alpha value is -3.15. The van der Waals surface area contributed by atoms with Gasteiger partial charge in [0, 0.05) is 31.4 Å². The highest BCUT2D eigenvalue weighted by Crippen LogP contribution is 2.24. The molecule has 1 aromatic carbocycles. The minimum Gasteiger partial charge on any atom is -0.464 e. The first-order valence-electron chi connectivity index (χ1n) is 8.99. The van der Waals surface area contributed by atoms with E-state index in [2.05, 4.69) is 0 Å². The predicted octanol–water partition coefficient (Wildman–Crippen LogP) is 3.17. The maximum absolute atomic E-state index is 13.1. The summed E-state index contributed by atoms with van der Waals surface area (Å²) in [5.41, 5.74) is 2.91. The van der Waals surface area contributed by atoms with Gasteiger partial charge in [-0.1, -0.05) is 30.3 Å². The Morgan fingerprint density at radius 3 is 2.32 bits per heavy atom. The molecule has 0 aliphatic carbocycles. The molecule has 1 aromatic heterocycles. The molecule has 0 bridgehead atoms. The number of ether oxygens (including phenoxy) is 1. The maximum Gasteiger partial charge on any atom is 0.354 e. The molecule has 1 amide bonds. The van der Waals surface area contributed by atoms with E-state index in [1.807, 2.05) is 30.3 Å². The first-order chi connectivity index (χ1) is 13.2. The molecular formula is C22H26N2O4. The average molecular weight is 382 g/mol. The Bertz CT molecular complexity index is 926. The molecule has 0 aliphatic heterocycles. The van der Waals surface area contributed by atoms with E-state index < -0.39 is 12.0 Å². The molecule has 0 fully saturated rings. The van der Waals surface area contributed by atoms with Crippen LogP contribution in [0.4, 0.5) is 0 Å². The van der Waals surface area contributed by atoms with E-state index in [0.717, 1.165) is 5.56 Å². The van der Waals surface area contributed by atoms with Gasteiger partial charge < -0.3 is 14.2 Å². The zero-order chi connectivity index (χ0) is 21.0. The van der Waals surface area contributed by atoms with Crippen LogP contribution in [0.5, 0.6) is 0 Å². The molecule has 6 nitrogen and oxygen atoms in total. The monoisotopic (exact) mass is 382 g/mol. The van der Waals surface area contributed by atoms with Gasteiger partial charge in [0.1, 0.15) is 5.69 Å². The highest BCUT2D eigenvalue weighted by Gasteiger charge is 2.30. The summed E-state index contributed by atoms with van der Waals surface area (Å²) < 4.78 is 6.47. The Morgan fingerprint density at radius 2 is 1.75 bits per heavy atom. The second kappa shape index (κ2) is 8.69. The highest BCUT2D eigenvalue weighted by molar-refractivity contribution is 6.07. The summed E-state index contributed by atoms with van der Waals surface area (Å²) in [6, 6.07) is 8.78. The molecule has 148 valence electrons. The predicted molar refractivity (Wildman–Crippen MR) is 108 cm³/mol. The lowest BCUT2D eigenvalue weighted by molar-refractivity contribution is -0.125. The van der Waals surface area contributed by atoms with Gasteiger partial charge in [0.2, 0.25) is 5.91 Å². The summed E-state index contributed by atoms with van der Waals surface area (Å²) in [5, 5.41) is 0. The third kappa shape index (κ3) is 4.06. The van der Waals surface area contributed by atoms with Crippen molar-refractivity contribution in [2.75, 3.05) is 14.2 Å². The third-order valence-electron chi connectivity index (χ3n) is 5.08. The summed E-state index contributed by atoms with van der Waals surface area (Å²) in [7, 11) is 4.61. The van der Waals surface area contributed by atoms with E-state index in [1.54, 1.807) is 45.5 Å². The smallest absolute Gasteiger partial charge is 0.354 e. The summed E-state index contributed by atoms with van der Waals surface area (Å²) in [4.78, 5) is 39.0.